The quantitative estimate of drug-likeness (QED) is 0.706. The molecule has 0 aliphatic carbocycles. The molecule has 0 saturated heterocycles. The minimum Gasteiger partial charge on any atom is -0.222 e. The van der Waals surface area contributed by atoms with E-state index in [4.69, 9.17) is 0 Å². The maximum atomic E-state index is 4.23. The summed E-state index contributed by atoms with van der Waals surface area (Å²) in [7, 11) is 0. The zero-order valence-corrected chi connectivity index (χ0v) is 10.6. The lowest BCUT2D eigenvalue weighted by Gasteiger charge is -2.15. The SMILES string of the molecule is CC(C)(C)c1sc(Br)nc1Br. The second-order valence-electron chi connectivity index (χ2n) is 3.34. The summed E-state index contributed by atoms with van der Waals surface area (Å²) < 4.78 is 1.90. The van der Waals surface area contributed by atoms with Crippen molar-refractivity contribution in [3.8, 4) is 0 Å². The Morgan fingerprint density at radius 2 is 1.82 bits per heavy atom. The summed E-state index contributed by atoms with van der Waals surface area (Å²) in [6.07, 6.45) is 0. The highest BCUT2D eigenvalue weighted by Gasteiger charge is 2.20. The van der Waals surface area contributed by atoms with Crippen molar-refractivity contribution in [1.82, 2.24) is 4.98 Å². The third-order valence-corrected chi connectivity index (χ3v) is 4.01. The van der Waals surface area contributed by atoms with E-state index < -0.39 is 0 Å². The van der Waals surface area contributed by atoms with Crippen molar-refractivity contribution in [2.45, 2.75) is 26.2 Å². The molecule has 0 amide bonds. The topological polar surface area (TPSA) is 12.9 Å². The molecule has 0 N–H and O–H groups in total. The summed E-state index contributed by atoms with van der Waals surface area (Å²) in [6, 6.07) is 0. The Morgan fingerprint density at radius 1 is 1.27 bits per heavy atom. The second kappa shape index (κ2) is 3.15. The van der Waals surface area contributed by atoms with Gasteiger partial charge in [0.15, 0.2) is 3.92 Å². The van der Waals surface area contributed by atoms with Gasteiger partial charge in [0, 0.05) is 4.88 Å². The summed E-state index contributed by atoms with van der Waals surface area (Å²) >= 11 is 8.45. The van der Waals surface area contributed by atoms with Gasteiger partial charge in [0.1, 0.15) is 4.60 Å². The third-order valence-electron chi connectivity index (χ3n) is 1.24. The molecule has 62 valence electrons. The first kappa shape index (κ1) is 9.68. The lowest BCUT2D eigenvalue weighted by Crippen LogP contribution is -2.09. The Balaban J connectivity index is 3.13. The average Bonchev–Trinajstić information content (AvgIpc) is 2.08. The van der Waals surface area contributed by atoms with Gasteiger partial charge in [-0.1, -0.05) is 20.8 Å². The van der Waals surface area contributed by atoms with Crippen LogP contribution in [0.5, 0.6) is 0 Å². The number of thiazole rings is 1. The van der Waals surface area contributed by atoms with Gasteiger partial charge in [-0.2, -0.15) is 0 Å². The molecule has 11 heavy (non-hydrogen) atoms. The van der Waals surface area contributed by atoms with Crippen molar-refractivity contribution in [3.63, 3.8) is 0 Å². The fourth-order valence-corrected chi connectivity index (χ4v) is 3.51. The van der Waals surface area contributed by atoms with Crippen molar-refractivity contribution in [3.05, 3.63) is 13.4 Å². The molecule has 4 heteroatoms. The van der Waals surface area contributed by atoms with Gasteiger partial charge < -0.3 is 0 Å². The van der Waals surface area contributed by atoms with E-state index in [9.17, 15) is 0 Å². The minimum absolute atomic E-state index is 0.183. The van der Waals surface area contributed by atoms with Crippen molar-refractivity contribution >= 4 is 43.2 Å². The van der Waals surface area contributed by atoms with Gasteiger partial charge in [-0.25, -0.2) is 4.98 Å². The van der Waals surface area contributed by atoms with Crippen LogP contribution in [0.1, 0.15) is 25.6 Å². The molecule has 0 atom stereocenters. The molecule has 1 heterocycles. The predicted octanol–water partition coefficient (Wildman–Crippen LogP) is 3.97. The Kier molecular flexibility index (Phi) is 2.77. The maximum Gasteiger partial charge on any atom is 0.160 e. The first-order valence-corrected chi connectivity index (χ1v) is 5.64. The van der Waals surface area contributed by atoms with Gasteiger partial charge in [0.2, 0.25) is 0 Å². The van der Waals surface area contributed by atoms with Crippen molar-refractivity contribution in [2.75, 3.05) is 0 Å². The molecule has 0 aliphatic heterocycles. The van der Waals surface area contributed by atoms with E-state index in [1.54, 1.807) is 11.3 Å². The van der Waals surface area contributed by atoms with Crippen molar-refractivity contribution < 1.29 is 0 Å². The molecule has 0 aliphatic rings. The average molecular weight is 299 g/mol. The van der Waals surface area contributed by atoms with Crippen LogP contribution >= 0.6 is 43.2 Å². The molecular weight excluding hydrogens is 290 g/mol. The number of rotatable bonds is 0. The summed E-state index contributed by atoms with van der Waals surface area (Å²) in [5, 5.41) is 0. The summed E-state index contributed by atoms with van der Waals surface area (Å²) in [4.78, 5) is 5.51. The smallest absolute Gasteiger partial charge is 0.160 e. The molecule has 0 aromatic carbocycles. The minimum atomic E-state index is 0.183. The molecule has 0 unspecified atom stereocenters. The molecule has 1 rings (SSSR count). The highest BCUT2D eigenvalue weighted by molar-refractivity contribution is 9.11. The first-order valence-electron chi connectivity index (χ1n) is 3.23. The molecule has 0 spiro atoms. The summed E-state index contributed by atoms with van der Waals surface area (Å²) in [5.41, 5.74) is 0.183. The highest BCUT2D eigenvalue weighted by Crippen LogP contribution is 2.36. The number of hydrogen-bond acceptors (Lipinski definition) is 2. The van der Waals surface area contributed by atoms with E-state index in [1.807, 2.05) is 0 Å². The van der Waals surface area contributed by atoms with Gasteiger partial charge in [0.25, 0.3) is 0 Å². The van der Waals surface area contributed by atoms with Crippen LogP contribution in [-0.2, 0) is 5.41 Å². The van der Waals surface area contributed by atoms with Gasteiger partial charge >= 0.3 is 0 Å². The van der Waals surface area contributed by atoms with Gasteiger partial charge in [-0.15, -0.1) is 11.3 Å². The van der Waals surface area contributed by atoms with Gasteiger partial charge in [-0.3, -0.25) is 0 Å². The van der Waals surface area contributed by atoms with Crippen LogP contribution in [-0.4, -0.2) is 4.98 Å². The number of hydrogen-bond donors (Lipinski definition) is 0. The Hall–Kier alpha value is 0.590. The van der Waals surface area contributed by atoms with E-state index >= 15 is 0 Å². The number of halogens is 2. The second-order valence-corrected chi connectivity index (χ2v) is 6.36. The van der Waals surface area contributed by atoms with Crippen LogP contribution in [0.4, 0.5) is 0 Å². The normalized spacial score (nSPS) is 12.1. The molecule has 0 bridgehead atoms. The molecule has 1 aromatic rings. The standard InChI is InChI=1S/C7H9Br2NS/c1-7(2,3)4-5(8)10-6(9)11-4/h1-3H3. The summed E-state index contributed by atoms with van der Waals surface area (Å²) in [5.74, 6) is 0. The van der Waals surface area contributed by atoms with Crippen LogP contribution in [0.15, 0.2) is 8.52 Å². The van der Waals surface area contributed by atoms with Crippen molar-refractivity contribution in [2.24, 2.45) is 0 Å². The lowest BCUT2D eigenvalue weighted by molar-refractivity contribution is 0.599. The molecule has 1 nitrogen and oxygen atoms in total. The number of aromatic nitrogens is 1. The Morgan fingerprint density at radius 3 is 2.00 bits per heavy atom. The first-order chi connectivity index (χ1) is 4.91. The molecule has 0 fully saturated rings. The third kappa shape index (κ3) is 2.26. The fraction of sp³-hybridized carbons (Fsp3) is 0.571. The number of nitrogens with zero attached hydrogens (tertiary/aromatic N) is 1. The van der Waals surface area contributed by atoms with Crippen LogP contribution in [0, 0.1) is 0 Å². The fourth-order valence-electron chi connectivity index (χ4n) is 0.740. The maximum absolute atomic E-state index is 4.23. The molecule has 0 saturated carbocycles. The molecule has 1 aromatic heterocycles. The zero-order chi connectivity index (χ0) is 8.65. The van der Waals surface area contributed by atoms with Crippen LogP contribution in [0.3, 0.4) is 0 Å². The summed E-state index contributed by atoms with van der Waals surface area (Å²) in [6.45, 7) is 6.53. The predicted molar refractivity (Wildman–Crippen MR) is 56.2 cm³/mol. The van der Waals surface area contributed by atoms with E-state index in [0.29, 0.717) is 0 Å². The van der Waals surface area contributed by atoms with E-state index in [1.165, 1.54) is 4.88 Å². The van der Waals surface area contributed by atoms with Crippen LogP contribution in [0.2, 0.25) is 0 Å². The van der Waals surface area contributed by atoms with Crippen LogP contribution in [0.25, 0.3) is 0 Å². The lowest BCUT2D eigenvalue weighted by atomic mass is 9.96. The Labute approximate surface area is 87.5 Å². The van der Waals surface area contributed by atoms with Crippen molar-refractivity contribution in [1.29, 1.82) is 0 Å². The van der Waals surface area contributed by atoms with Crippen LogP contribution < -0.4 is 0 Å². The molecular formula is C7H9Br2NS. The largest absolute Gasteiger partial charge is 0.222 e. The highest BCUT2D eigenvalue weighted by atomic mass is 79.9. The van der Waals surface area contributed by atoms with E-state index in [0.717, 1.165) is 8.52 Å². The van der Waals surface area contributed by atoms with Gasteiger partial charge in [-0.05, 0) is 37.3 Å². The van der Waals surface area contributed by atoms with Gasteiger partial charge in [0.05, 0.1) is 0 Å². The van der Waals surface area contributed by atoms with E-state index in [-0.39, 0.29) is 5.41 Å². The zero-order valence-electron chi connectivity index (χ0n) is 6.61. The monoisotopic (exact) mass is 297 g/mol. The Bertz CT molecular complexity index is 262. The molecule has 0 radical (unpaired) electrons. The van der Waals surface area contributed by atoms with E-state index in [2.05, 4.69) is 57.6 Å².